The number of unbranched alkanes of at least 4 members (excludes halogenated alkanes) is 4. The molecule has 72 valence electrons. The molecule has 0 aliphatic heterocycles. The van der Waals surface area contributed by atoms with Crippen LogP contribution in [-0.4, -0.2) is 13.2 Å². The Hall–Kier alpha value is -0.300. The molecule has 0 aromatic heterocycles. The van der Waals surface area contributed by atoms with Crippen molar-refractivity contribution in [1.29, 1.82) is 0 Å². The monoisotopic (exact) mass is 170 g/mol. The standard InChI is InChI=1S/C11H22O/c1-4-6-7-8-9-10-11(5-2)12-3/h5,11H,2,4,6-10H2,1,3H3. The molecule has 0 aromatic carbocycles. The Balaban J connectivity index is 3.12. The van der Waals surface area contributed by atoms with Crippen LogP contribution in [0.4, 0.5) is 0 Å². The van der Waals surface area contributed by atoms with Gasteiger partial charge in [0, 0.05) is 7.11 Å². The first-order chi connectivity index (χ1) is 5.85. The van der Waals surface area contributed by atoms with Gasteiger partial charge in [0.05, 0.1) is 6.10 Å². The quantitative estimate of drug-likeness (QED) is 0.400. The minimum absolute atomic E-state index is 0.270. The van der Waals surface area contributed by atoms with Crippen LogP contribution >= 0.6 is 0 Å². The predicted molar refractivity (Wildman–Crippen MR) is 54.4 cm³/mol. The van der Waals surface area contributed by atoms with Gasteiger partial charge in [-0.2, -0.15) is 0 Å². The Morgan fingerprint density at radius 2 is 1.92 bits per heavy atom. The molecule has 1 unspecified atom stereocenters. The largest absolute Gasteiger partial charge is 0.377 e. The van der Waals surface area contributed by atoms with Gasteiger partial charge in [-0.15, -0.1) is 6.58 Å². The van der Waals surface area contributed by atoms with Crippen molar-refractivity contribution in [2.75, 3.05) is 7.11 Å². The van der Waals surface area contributed by atoms with Gasteiger partial charge in [-0.05, 0) is 6.42 Å². The normalized spacial score (nSPS) is 12.8. The summed E-state index contributed by atoms with van der Waals surface area (Å²) in [6.45, 7) is 5.96. The molecule has 0 spiro atoms. The zero-order valence-electron chi connectivity index (χ0n) is 8.51. The zero-order valence-corrected chi connectivity index (χ0v) is 8.51. The number of hydrogen-bond acceptors (Lipinski definition) is 1. The lowest BCUT2D eigenvalue weighted by Crippen LogP contribution is -2.05. The molecular weight excluding hydrogens is 148 g/mol. The smallest absolute Gasteiger partial charge is 0.0749 e. The van der Waals surface area contributed by atoms with Crippen LogP contribution in [0.25, 0.3) is 0 Å². The lowest BCUT2D eigenvalue weighted by atomic mass is 10.1. The Kier molecular flexibility index (Phi) is 8.57. The van der Waals surface area contributed by atoms with Gasteiger partial charge in [-0.25, -0.2) is 0 Å². The SMILES string of the molecule is C=CC(CCCCCCC)OC. The van der Waals surface area contributed by atoms with Crippen molar-refractivity contribution in [2.45, 2.75) is 51.6 Å². The van der Waals surface area contributed by atoms with Crippen LogP contribution in [0.5, 0.6) is 0 Å². The summed E-state index contributed by atoms with van der Waals surface area (Å²) in [7, 11) is 1.75. The van der Waals surface area contributed by atoms with E-state index >= 15 is 0 Å². The maximum absolute atomic E-state index is 5.19. The molecule has 0 fully saturated rings. The molecule has 1 atom stereocenters. The highest BCUT2D eigenvalue weighted by atomic mass is 16.5. The molecule has 0 amide bonds. The van der Waals surface area contributed by atoms with Gasteiger partial charge in [0.25, 0.3) is 0 Å². The Bertz CT molecular complexity index is 99.2. The summed E-state index contributed by atoms with van der Waals surface area (Å²) >= 11 is 0. The molecule has 0 aromatic rings. The van der Waals surface area contributed by atoms with Crippen molar-refractivity contribution in [2.24, 2.45) is 0 Å². The number of hydrogen-bond donors (Lipinski definition) is 0. The summed E-state index contributed by atoms with van der Waals surface area (Å²) in [6, 6.07) is 0. The van der Waals surface area contributed by atoms with E-state index < -0.39 is 0 Å². The second-order valence-electron chi connectivity index (χ2n) is 3.21. The van der Waals surface area contributed by atoms with Gasteiger partial charge in [0.15, 0.2) is 0 Å². The Labute approximate surface area is 76.8 Å². The zero-order chi connectivity index (χ0) is 9.23. The highest BCUT2D eigenvalue weighted by Gasteiger charge is 1.99. The number of methoxy groups -OCH3 is 1. The minimum Gasteiger partial charge on any atom is -0.377 e. The van der Waals surface area contributed by atoms with Gasteiger partial charge in [0.2, 0.25) is 0 Å². The molecule has 0 N–H and O–H groups in total. The molecule has 12 heavy (non-hydrogen) atoms. The molecule has 0 aliphatic rings. The third-order valence-electron chi connectivity index (χ3n) is 2.16. The van der Waals surface area contributed by atoms with Crippen LogP contribution in [0.3, 0.4) is 0 Å². The van der Waals surface area contributed by atoms with Crippen molar-refractivity contribution in [3.05, 3.63) is 12.7 Å². The Morgan fingerprint density at radius 3 is 2.42 bits per heavy atom. The fourth-order valence-electron chi connectivity index (χ4n) is 1.28. The molecule has 0 rings (SSSR count). The van der Waals surface area contributed by atoms with E-state index in [0.717, 1.165) is 6.42 Å². The molecule has 1 heteroatoms. The van der Waals surface area contributed by atoms with E-state index in [-0.39, 0.29) is 6.10 Å². The molecule has 1 nitrogen and oxygen atoms in total. The average Bonchev–Trinajstić information content (AvgIpc) is 2.11. The molecule has 0 saturated heterocycles. The summed E-state index contributed by atoms with van der Waals surface area (Å²) in [5, 5.41) is 0. The highest BCUT2D eigenvalue weighted by Crippen LogP contribution is 2.09. The van der Waals surface area contributed by atoms with E-state index in [1.807, 2.05) is 6.08 Å². The topological polar surface area (TPSA) is 9.23 Å². The van der Waals surface area contributed by atoms with Crippen LogP contribution in [0.2, 0.25) is 0 Å². The van der Waals surface area contributed by atoms with Crippen molar-refractivity contribution >= 4 is 0 Å². The van der Waals surface area contributed by atoms with Gasteiger partial charge >= 0.3 is 0 Å². The highest BCUT2D eigenvalue weighted by molar-refractivity contribution is 4.78. The van der Waals surface area contributed by atoms with Crippen molar-refractivity contribution in [1.82, 2.24) is 0 Å². The summed E-state index contributed by atoms with van der Waals surface area (Å²) in [5.74, 6) is 0. The third-order valence-corrected chi connectivity index (χ3v) is 2.16. The number of rotatable bonds is 8. The van der Waals surface area contributed by atoms with E-state index in [4.69, 9.17) is 4.74 Å². The van der Waals surface area contributed by atoms with E-state index in [9.17, 15) is 0 Å². The summed E-state index contributed by atoms with van der Waals surface area (Å²) in [5.41, 5.74) is 0. The van der Waals surface area contributed by atoms with Gasteiger partial charge < -0.3 is 4.74 Å². The Morgan fingerprint density at radius 1 is 1.25 bits per heavy atom. The van der Waals surface area contributed by atoms with Crippen molar-refractivity contribution in [3.8, 4) is 0 Å². The van der Waals surface area contributed by atoms with Crippen molar-refractivity contribution in [3.63, 3.8) is 0 Å². The van der Waals surface area contributed by atoms with Gasteiger partial charge in [-0.1, -0.05) is 45.1 Å². The molecule has 0 radical (unpaired) electrons. The lowest BCUT2D eigenvalue weighted by Gasteiger charge is -2.09. The third kappa shape index (κ3) is 6.41. The van der Waals surface area contributed by atoms with E-state index in [2.05, 4.69) is 13.5 Å². The maximum Gasteiger partial charge on any atom is 0.0749 e. The van der Waals surface area contributed by atoms with Crippen LogP contribution in [0.15, 0.2) is 12.7 Å². The summed E-state index contributed by atoms with van der Waals surface area (Å²) < 4.78 is 5.19. The molecule has 0 heterocycles. The first kappa shape index (κ1) is 11.7. The number of ether oxygens (including phenoxy) is 1. The molecule has 0 bridgehead atoms. The first-order valence-electron chi connectivity index (χ1n) is 5.00. The second kappa shape index (κ2) is 8.79. The van der Waals surface area contributed by atoms with Crippen LogP contribution in [0, 0.1) is 0 Å². The average molecular weight is 170 g/mol. The van der Waals surface area contributed by atoms with Crippen LogP contribution in [-0.2, 0) is 4.74 Å². The van der Waals surface area contributed by atoms with Crippen LogP contribution < -0.4 is 0 Å². The predicted octanol–water partition coefficient (Wildman–Crippen LogP) is 3.55. The summed E-state index contributed by atoms with van der Waals surface area (Å²) in [6.07, 6.45) is 9.94. The van der Waals surface area contributed by atoms with Crippen LogP contribution in [0.1, 0.15) is 45.4 Å². The first-order valence-corrected chi connectivity index (χ1v) is 5.00. The fraction of sp³-hybridized carbons (Fsp3) is 0.818. The van der Waals surface area contributed by atoms with E-state index in [1.165, 1.54) is 32.1 Å². The minimum atomic E-state index is 0.270. The van der Waals surface area contributed by atoms with E-state index in [0.29, 0.717) is 0 Å². The van der Waals surface area contributed by atoms with Gasteiger partial charge in [0.1, 0.15) is 0 Å². The lowest BCUT2D eigenvalue weighted by molar-refractivity contribution is 0.131. The van der Waals surface area contributed by atoms with Crippen molar-refractivity contribution < 1.29 is 4.74 Å². The van der Waals surface area contributed by atoms with Gasteiger partial charge in [-0.3, -0.25) is 0 Å². The maximum atomic E-state index is 5.19. The fourth-order valence-corrected chi connectivity index (χ4v) is 1.28. The second-order valence-corrected chi connectivity index (χ2v) is 3.21. The van der Waals surface area contributed by atoms with E-state index in [1.54, 1.807) is 7.11 Å². The summed E-state index contributed by atoms with van der Waals surface area (Å²) in [4.78, 5) is 0. The molecule has 0 aliphatic carbocycles. The molecule has 0 saturated carbocycles. The molecular formula is C11H22O.